The Morgan fingerprint density at radius 2 is 2.00 bits per heavy atom. The third-order valence-electron chi connectivity index (χ3n) is 1.02. The van der Waals surface area contributed by atoms with Crippen molar-refractivity contribution in [3.05, 3.63) is 0 Å². The van der Waals surface area contributed by atoms with Gasteiger partial charge in [-0.1, -0.05) is 0 Å². The van der Waals surface area contributed by atoms with Crippen LogP contribution in [0.3, 0.4) is 0 Å². The van der Waals surface area contributed by atoms with Gasteiger partial charge in [-0.2, -0.15) is 0 Å². The molecule has 1 amide bonds. The van der Waals surface area contributed by atoms with Crippen LogP contribution in [0.2, 0.25) is 0 Å². The minimum absolute atomic E-state index is 0.973. The lowest BCUT2D eigenvalue weighted by Crippen LogP contribution is -2.56. The molecule has 58 valence electrons. The highest BCUT2D eigenvalue weighted by molar-refractivity contribution is 6.05. The number of hydrogen-bond donors (Lipinski definition) is 4. The van der Waals surface area contributed by atoms with Crippen molar-refractivity contribution in [1.29, 1.82) is 0 Å². The molecule has 0 aromatic carbocycles. The number of hydroxylamine groups is 1. The zero-order chi connectivity index (χ0) is 8.36. The van der Waals surface area contributed by atoms with Crippen LogP contribution in [-0.4, -0.2) is 27.7 Å². The van der Waals surface area contributed by atoms with Crippen molar-refractivity contribution in [3.63, 3.8) is 0 Å². The van der Waals surface area contributed by atoms with Gasteiger partial charge in [0.2, 0.25) is 0 Å². The fraction of sp³-hybridized carbons (Fsp3) is 0.500. The fourth-order valence-electron chi connectivity index (χ4n) is 0.213. The monoisotopic (exact) mass is 148 g/mol. The number of rotatable bonds is 2. The van der Waals surface area contributed by atoms with Crippen LogP contribution >= 0.6 is 0 Å². The van der Waals surface area contributed by atoms with Crippen LogP contribution in [-0.2, 0) is 9.59 Å². The summed E-state index contributed by atoms with van der Waals surface area (Å²) >= 11 is 0. The summed E-state index contributed by atoms with van der Waals surface area (Å²) in [5, 5.41) is 16.2. The van der Waals surface area contributed by atoms with Gasteiger partial charge in [-0.05, 0) is 6.92 Å². The largest absolute Gasteiger partial charge is 0.479 e. The van der Waals surface area contributed by atoms with E-state index in [0.717, 1.165) is 12.4 Å². The van der Waals surface area contributed by atoms with E-state index >= 15 is 0 Å². The van der Waals surface area contributed by atoms with Gasteiger partial charge >= 0.3 is 5.97 Å². The summed E-state index contributed by atoms with van der Waals surface area (Å²) in [6.07, 6.45) is 0. The second kappa shape index (κ2) is 2.63. The first-order valence-electron chi connectivity index (χ1n) is 2.39. The molecule has 10 heavy (non-hydrogen) atoms. The Morgan fingerprint density at radius 1 is 1.60 bits per heavy atom. The predicted molar refractivity (Wildman–Crippen MR) is 30.2 cm³/mol. The van der Waals surface area contributed by atoms with Crippen LogP contribution in [0.4, 0.5) is 0 Å². The number of carboxylic acids is 1. The molecule has 0 aromatic rings. The number of nitrogens with two attached hydrogens (primary N) is 1. The highest BCUT2D eigenvalue weighted by Crippen LogP contribution is 1.97. The van der Waals surface area contributed by atoms with Gasteiger partial charge in [0, 0.05) is 0 Å². The summed E-state index contributed by atoms with van der Waals surface area (Å²) in [5.74, 6) is -2.65. The van der Waals surface area contributed by atoms with Crippen molar-refractivity contribution < 1.29 is 19.9 Å². The van der Waals surface area contributed by atoms with Gasteiger partial charge in [-0.3, -0.25) is 10.0 Å². The quantitative estimate of drug-likeness (QED) is 0.211. The van der Waals surface area contributed by atoms with E-state index < -0.39 is 17.4 Å². The molecule has 0 aliphatic heterocycles. The van der Waals surface area contributed by atoms with E-state index in [-0.39, 0.29) is 0 Å². The molecule has 0 aromatic heterocycles. The smallest absolute Gasteiger partial charge is 0.333 e. The van der Waals surface area contributed by atoms with Crippen molar-refractivity contribution in [1.82, 2.24) is 5.48 Å². The van der Waals surface area contributed by atoms with Crippen LogP contribution in [0.1, 0.15) is 6.92 Å². The topological polar surface area (TPSA) is 113 Å². The normalized spacial score (nSPS) is 15.5. The van der Waals surface area contributed by atoms with Crippen LogP contribution < -0.4 is 11.2 Å². The van der Waals surface area contributed by atoms with Crippen molar-refractivity contribution in [3.8, 4) is 0 Å². The average molecular weight is 148 g/mol. The molecule has 6 nitrogen and oxygen atoms in total. The Morgan fingerprint density at radius 3 is 2.10 bits per heavy atom. The number of carboxylic acid groups (broad SMARTS) is 1. The maximum Gasteiger partial charge on any atom is 0.333 e. The summed E-state index contributed by atoms with van der Waals surface area (Å²) in [7, 11) is 0. The van der Waals surface area contributed by atoms with Gasteiger partial charge in [0.15, 0.2) is 5.54 Å². The van der Waals surface area contributed by atoms with E-state index in [2.05, 4.69) is 0 Å². The highest BCUT2D eigenvalue weighted by atomic mass is 16.5. The number of amides is 1. The van der Waals surface area contributed by atoms with Crippen molar-refractivity contribution in [2.75, 3.05) is 0 Å². The maximum absolute atomic E-state index is 10.4. The van der Waals surface area contributed by atoms with Crippen molar-refractivity contribution in [2.24, 2.45) is 5.73 Å². The van der Waals surface area contributed by atoms with Gasteiger partial charge in [-0.15, -0.1) is 0 Å². The molecule has 0 spiro atoms. The van der Waals surface area contributed by atoms with E-state index in [4.69, 9.17) is 16.0 Å². The minimum Gasteiger partial charge on any atom is -0.479 e. The summed E-state index contributed by atoms with van der Waals surface area (Å²) < 4.78 is 0. The van der Waals surface area contributed by atoms with E-state index in [9.17, 15) is 9.59 Å². The molecule has 0 bridgehead atoms. The van der Waals surface area contributed by atoms with Crippen LogP contribution in [0.5, 0.6) is 0 Å². The zero-order valence-corrected chi connectivity index (χ0v) is 5.29. The predicted octanol–water partition coefficient (Wildman–Crippen LogP) is -1.71. The molecule has 1 unspecified atom stereocenters. The molecule has 6 heteroatoms. The first kappa shape index (κ1) is 8.86. The maximum atomic E-state index is 10.4. The number of hydrogen-bond acceptors (Lipinski definition) is 4. The third kappa shape index (κ3) is 1.42. The van der Waals surface area contributed by atoms with Crippen molar-refractivity contribution >= 4 is 11.9 Å². The number of carbonyl (C=O) groups excluding carboxylic acids is 1. The SMILES string of the molecule is CC(N)(C(=O)O)C(=O)NO. The summed E-state index contributed by atoms with van der Waals surface area (Å²) in [6.45, 7) is 0.973. The lowest BCUT2D eigenvalue weighted by Gasteiger charge is -2.14. The lowest BCUT2D eigenvalue weighted by atomic mass is 10.0. The molecule has 0 heterocycles. The average Bonchev–Trinajstić information content (AvgIpc) is 1.86. The molecule has 0 aliphatic rings. The number of aliphatic carboxylic acids is 1. The molecule has 0 fully saturated rings. The zero-order valence-electron chi connectivity index (χ0n) is 5.29. The molecule has 0 rings (SSSR count). The summed E-state index contributed by atoms with van der Waals surface area (Å²) in [5.41, 5.74) is 4.01. The molecule has 0 radical (unpaired) electrons. The van der Waals surface area contributed by atoms with Gasteiger partial charge in [-0.25, -0.2) is 10.3 Å². The van der Waals surface area contributed by atoms with Crippen LogP contribution in [0.25, 0.3) is 0 Å². The standard InChI is InChI=1S/C4H8N2O4/c1-4(5,3(8)9)2(7)6-10/h10H,5H2,1H3,(H,6,7)(H,8,9). The van der Waals surface area contributed by atoms with Gasteiger partial charge < -0.3 is 10.8 Å². The Labute approximate surface area is 56.6 Å². The second-order valence-corrected chi connectivity index (χ2v) is 1.95. The molecule has 1 atom stereocenters. The van der Waals surface area contributed by atoms with E-state index in [1.807, 2.05) is 0 Å². The van der Waals surface area contributed by atoms with Gasteiger partial charge in [0.1, 0.15) is 0 Å². The lowest BCUT2D eigenvalue weighted by molar-refractivity contribution is -0.151. The van der Waals surface area contributed by atoms with Crippen LogP contribution in [0.15, 0.2) is 0 Å². The Balaban J connectivity index is 4.40. The Hall–Kier alpha value is -1.14. The molecule has 0 aliphatic carbocycles. The molecule has 0 saturated heterocycles. The third-order valence-corrected chi connectivity index (χ3v) is 1.02. The van der Waals surface area contributed by atoms with E-state index in [0.29, 0.717) is 0 Å². The Bertz CT molecular complexity index is 165. The van der Waals surface area contributed by atoms with Crippen LogP contribution in [0, 0.1) is 0 Å². The van der Waals surface area contributed by atoms with E-state index in [1.54, 1.807) is 0 Å². The second-order valence-electron chi connectivity index (χ2n) is 1.95. The number of carbonyl (C=O) groups is 2. The summed E-state index contributed by atoms with van der Waals surface area (Å²) in [4.78, 5) is 20.5. The number of nitrogens with one attached hydrogen (secondary N) is 1. The minimum atomic E-state index is -2.07. The van der Waals surface area contributed by atoms with Gasteiger partial charge in [0.25, 0.3) is 5.91 Å². The summed E-state index contributed by atoms with van der Waals surface area (Å²) in [6, 6.07) is 0. The molecular formula is C4H8N2O4. The fourth-order valence-corrected chi connectivity index (χ4v) is 0.213. The van der Waals surface area contributed by atoms with Crippen molar-refractivity contribution in [2.45, 2.75) is 12.5 Å². The highest BCUT2D eigenvalue weighted by Gasteiger charge is 2.36. The molecular weight excluding hydrogens is 140 g/mol. The Kier molecular flexibility index (Phi) is 2.33. The molecule has 5 N–H and O–H groups in total. The van der Waals surface area contributed by atoms with Gasteiger partial charge in [0.05, 0.1) is 0 Å². The molecule has 0 saturated carbocycles. The van der Waals surface area contributed by atoms with E-state index in [1.165, 1.54) is 0 Å². The first-order valence-corrected chi connectivity index (χ1v) is 2.39. The first-order chi connectivity index (χ1) is 4.42.